The maximum Gasteiger partial charge on any atom is 0.258 e. The van der Waals surface area contributed by atoms with Crippen molar-refractivity contribution < 1.29 is 4.79 Å². The van der Waals surface area contributed by atoms with E-state index in [0.717, 1.165) is 22.9 Å². The van der Waals surface area contributed by atoms with Crippen LogP contribution in [0.15, 0.2) is 33.4 Å². The first-order chi connectivity index (χ1) is 12.5. The van der Waals surface area contributed by atoms with Crippen LogP contribution < -0.4 is 10.5 Å². The summed E-state index contributed by atoms with van der Waals surface area (Å²) in [5, 5.41) is 8.97. The molecule has 1 aliphatic carbocycles. The predicted molar refractivity (Wildman–Crippen MR) is 102 cm³/mol. The topological polar surface area (TPSA) is 80.5 Å². The maximum atomic E-state index is 12.3. The normalized spacial score (nSPS) is 13.9. The number of amides is 1. The maximum absolute atomic E-state index is 12.3. The van der Waals surface area contributed by atoms with Crippen molar-refractivity contribution in [2.24, 2.45) is 0 Å². The quantitative estimate of drug-likeness (QED) is 0.495. The molecule has 9 heteroatoms. The van der Waals surface area contributed by atoms with Gasteiger partial charge in [-0.3, -0.25) is 18.9 Å². The second-order valence-corrected chi connectivity index (χ2v) is 8.38. The largest absolute Gasteiger partial charge is 0.284 e. The van der Waals surface area contributed by atoms with Crippen molar-refractivity contribution in [3.63, 3.8) is 0 Å². The van der Waals surface area contributed by atoms with Crippen molar-refractivity contribution in [1.82, 2.24) is 19.6 Å². The Labute approximate surface area is 158 Å². The molecule has 0 spiro atoms. The number of aryl methyl sites for hydroxylation is 1. The summed E-state index contributed by atoms with van der Waals surface area (Å²) in [7, 11) is 0. The highest BCUT2D eigenvalue weighted by molar-refractivity contribution is 8.00. The Morgan fingerprint density at radius 3 is 2.92 bits per heavy atom. The zero-order valence-corrected chi connectivity index (χ0v) is 16.0. The second kappa shape index (κ2) is 6.81. The molecule has 26 heavy (non-hydrogen) atoms. The zero-order valence-electron chi connectivity index (χ0n) is 14.4. The van der Waals surface area contributed by atoms with Crippen LogP contribution in [-0.4, -0.2) is 31.5 Å². The minimum Gasteiger partial charge on any atom is -0.284 e. The van der Waals surface area contributed by atoms with Crippen molar-refractivity contribution in [3.05, 3.63) is 46.0 Å². The fraction of sp³-hybridized carbons (Fsp3) is 0.353. The van der Waals surface area contributed by atoms with E-state index in [9.17, 15) is 9.59 Å². The van der Waals surface area contributed by atoms with E-state index in [1.807, 2.05) is 25.1 Å². The van der Waals surface area contributed by atoms with Gasteiger partial charge in [-0.25, -0.2) is 4.98 Å². The molecular weight excluding hydrogens is 370 g/mol. The molecule has 3 aromatic rings. The smallest absolute Gasteiger partial charge is 0.258 e. The van der Waals surface area contributed by atoms with E-state index in [1.54, 1.807) is 22.3 Å². The van der Waals surface area contributed by atoms with E-state index in [0.29, 0.717) is 22.2 Å². The Morgan fingerprint density at radius 2 is 2.19 bits per heavy atom. The molecule has 0 atom stereocenters. The first-order valence-electron chi connectivity index (χ1n) is 8.27. The van der Waals surface area contributed by atoms with Gasteiger partial charge in [0.05, 0.1) is 5.69 Å². The number of fused-ring (bicyclic) bond motifs is 1. The van der Waals surface area contributed by atoms with Crippen LogP contribution in [0.1, 0.15) is 31.2 Å². The number of thioether (sulfide) groups is 1. The Hall–Kier alpha value is -2.26. The molecule has 0 aliphatic heterocycles. The molecule has 0 radical (unpaired) electrons. The molecule has 1 amide bonds. The predicted octanol–water partition coefficient (Wildman–Crippen LogP) is 2.66. The third-order valence-electron chi connectivity index (χ3n) is 4.13. The molecule has 4 rings (SSSR count). The fourth-order valence-electron chi connectivity index (χ4n) is 2.81. The third-order valence-corrected chi connectivity index (χ3v) is 6.22. The number of hydrogen-bond acceptors (Lipinski definition) is 7. The molecule has 1 fully saturated rings. The van der Waals surface area contributed by atoms with Gasteiger partial charge in [-0.2, -0.15) is 0 Å². The van der Waals surface area contributed by atoms with Gasteiger partial charge in [0.15, 0.2) is 4.34 Å². The van der Waals surface area contributed by atoms with Gasteiger partial charge in [0.2, 0.25) is 11.0 Å². The number of carbonyl (C=O) groups is 1. The Bertz CT molecular complexity index is 1040. The average Bonchev–Trinajstić information content (AvgIpc) is 3.30. The van der Waals surface area contributed by atoms with Crippen molar-refractivity contribution in [2.45, 2.75) is 42.8 Å². The van der Waals surface area contributed by atoms with Gasteiger partial charge < -0.3 is 0 Å². The van der Waals surface area contributed by atoms with E-state index in [-0.39, 0.29) is 17.5 Å². The van der Waals surface area contributed by atoms with E-state index >= 15 is 0 Å². The van der Waals surface area contributed by atoms with E-state index < -0.39 is 0 Å². The van der Waals surface area contributed by atoms with Crippen LogP contribution in [-0.2, 0) is 10.5 Å². The van der Waals surface area contributed by atoms with Crippen molar-refractivity contribution >= 4 is 39.8 Å². The van der Waals surface area contributed by atoms with Gasteiger partial charge >= 0.3 is 0 Å². The molecule has 0 N–H and O–H groups in total. The van der Waals surface area contributed by atoms with E-state index in [4.69, 9.17) is 0 Å². The minimum absolute atomic E-state index is 0.000197. The molecular formula is C17H17N5O2S2. The van der Waals surface area contributed by atoms with Crippen LogP contribution in [0.25, 0.3) is 5.65 Å². The van der Waals surface area contributed by atoms with Gasteiger partial charge in [-0.1, -0.05) is 29.2 Å². The number of hydrogen-bond donors (Lipinski definition) is 0. The summed E-state index contributed by atoms with van der Waals surface area (Å²) in [6, 6.07) is 7.42. The number of anilines is 1. The highest BCUT2D eigenvalue weighted by Crippen LogP contribution is 2.36. The Kier molecular flexibility index (Phi) is 4.49. The van der Waals surface area contributed by atoms with Gasteiger partial charge in [0, 0.05) is 30.5 Å². The molecule has 3 aromatic heterocycles. The van der Waals surface area contributed by atoms with Crippen molar-refractivity contribution in [3.8, 4) is 0 Å². The lowest BCUT2D eigenvalue weighted by molar-refractivity contribution is -0.116. The summed E-state index contributed by atoms with van der Waals surface area (Å²) in [6.07, 6.45) is 2.04. The van der Waals surface area contributed by atoms with E-state index in [2.05, 4.69) is 15.2 Å². The highest BCUT2D eigenvalue weighted by atomic mass is 32.2. The molecule has 3 heterocycles. The third kappa shape index (κ3) is 3.36. The number of rotatable bonds is 5. The van der Waals surface area contributed by atoms with Crippen molar-refractivity contribution in [1.29, 1.82) is 0 Å². The van der Waals surface area contributed by atoms with Crippen molar-refractivity contribution in [2.75, 3.05) is 4.90 Å². The van der Waals surface area contributed by atoms with Crippen LogP contribution in [0.5, 0.6) is 0 Å². The molecule has 7 nitrogen and oxygen atoms in total. The zero-order chi connectivity index (χ0) is 18.3. The summed E-state index contributed by atoms with van der Waals surface area (Å²) in [5.41, 5.74) is 2.12. The Morgan fingerprint density at radius 1 is 1.38 bits per heavy atom. The number of nitrogens with zero attached hydrogens (tertiary/aromatic N) is 5. The average molecular weight is 387 g/mol. The molecule has 0 unspecified atom stereocenters. The van der Waals surface area contributed by atoms with Gasteiger partial charge in [0.25, 0.3) is 5.56 Å². The Balaban J connectivity index is 1.52. The molecule has 0 bridgehead atoms. The number of pyridine rings is 1. The van der Waals surface area contributed by atoms with Crippen LogP contribution in [0.4, 0.5) is 5.13 Å². The molecule has 0 aromatic carbocycles. The van der Waals surface area contributed by atoms with Crippen LogP contribution in [0.3, 0.4) is 0 Å². The molecule has 0 saturated heterocycles. The van der Waals surface area contributed by atoms with Crippen LogP contribution >= 0.6 is 23.1 Å². The van der Waals surface area contributed by atoms with Gasteiger partial charge in [0.1, 0.15) is 5.65 Å². The first kappa shape index (κ1) is 17.2. The number of aromatic nitrogens is 4. The number of carbonyl (C=O) groups excluding carboxylic acids is 1. The van der Waals surface area contributed by atoms with E-state index in [1.165, 1.54) is 23.1 Å². The monoisotopic (exact) mass is 387 g/mol. The lowest BCUT2D eigenvalue weighted by atomic mass is 10.3. The summed E-state index contributed by atoms with van der Waals surface area (Å²) in [6.45, 7) is 3.44. The highest BCUT2D eigenvalue weighted by Gasteiger charge is 2.34. The summed E-state index contributed by atoms with van der Waals surface area (Å²) in [5.74, 6) is 0.525. The van der Waals surface area contributed by atoms with Crippen LogP contribution in [0, 0.1) is 6.92 Å². The molecule has 1 saturated carbocycles. The lowest BCUT2D eigenvalue weighted by Crippen LogP contribution is -2.30. The summed E-state index contributed by atoms with van der Waals surface area (Å²) in [4.78, 5) is 30.4. The summed E-state index contributed by atoms with van der Waals surface area (Å²) >= 11 is 2.88. The molecule has 1 aliphatic rings. The van der Waals surface area contributed by atoms with Crippen LogP contribution in [0.2, 0.25) is 0 Å². The lowest BCUT2D eigenvalue weighted by Gasteiger charge is -2.15. The minimum atomic E-state index is -0.0851. The first-order valence-corrected chi connectivity index (χ1v) is 10.1. The van der Waals surface area contributed by atoms with Gasteiger partial charge in [-0.05, 0) is 31.9 Å². The fourth-order valence-corrected chi connectivity index (χ4v) is 4.66. The summed E-state index contributed by atoms with van der Waals surface area (Å²) < 4.78 is 2.36. The standard InChI is InChI=1S/C17H17N5O2S2/c1-10-4-3-5-14-18-12(8-15(24)21(10)14)9-25-17-20-19-16(26-17)22(11(2)23)13-6-7-13/h3-5,8,13H,6-7,9H2,1-2H3. The second-order valence-electron chi connectivity index (χ2n) is 6.21. The SMILES string of the molecule is CC(=O)N(c1nnc(SCc2cc(=O)n3c(C)cccc3n2)s1)C1CC1. The van der Waals surface area contributed by atoms with Gasteiger partial charge in [-0.15, -0.1) is 10.2 Å². The molecule has 134 valence electrons.